The van der Waals surface area contributed by atoms with Crippen LogP contribution in [0.1, 0.15) is 19.3 Å². The van der Waals surface area contributed by atoms with Gasteiger partial charge in [0.1, 0.15) is 10.7 Å². The van der Waals surface area contributed by atoms with E-state index in [1.807, 2.05) is 0 Å². The van der Waals surface area contributed by atoms with Gasteiger partial charge >= 0.3 is 0 Å². The standard InChI is InChI=1S/C12H18N4O3S/c13-11(17)9-15-12-5-4-10(8-14-12)20(18,19)16-6-2-1-3-7-16/h4-5,8H,1-3,6-7,9H2,(H2,13,17)(H,14,15). The minimum Gasteiger partial charge on any atom is -0.368 e. The van der Waals surface area contributed by atoms with Gasteiger partial charge in [-0.15, -0.1) is 0 Å². The Hall–Kier alpha value is -1.67. The molecule has 1 saturated heterocycles. The first-order valence-electron chi connectivity index (χ1n) is 6.48. The molecule has 0 aliphatic carbocycles. The van der Waals surface area contributed by atoms with Crippen LogP contribution in [0.2, 0.25) is 0 Å². The van der Waals surface area contributed by atoms with Crippen molar-refractivity contribution in [3.05, 3.63) is 18.3 Å². The van der Waals surface area contributed by atoms with Crippen molar-refractivity contribution in [3.8, 4) is 0 Å². The van der Waals surface area contributed by atoms with Crippen LogP contribution in [-0.2, 0) is 14.8 Å². The lowest BCUT2D eigenvalue weighted by atomic mass is 10.2. The normalized spacial score (nSPS) is 16.8. The molecule has 1 aromatic heterocycles. The van der Waals surface area contributed by atoms with Gasteiger partial charge < -0.3 is 11.1 Å². The van der Waals surface area contributed by atoms with E-state index in [9.17, 15) is 13.2 Å². The molecule has 1 aliphatic heterocycles. The van der Waals surface area contributed by atoms with Gasteiger partial charge in [0, 0.05) is 19.3 Å². The number of nitrogens with one attached hydrogen (secondary N) is 1. The molecule has 0 saturated carbocycles. The molecule has 1 aromatic rings. The highest BCUT2D eigenvalue weighted by Crippen LogP contribution is 2.20. The first-order valence-corrected chi connectivity index (χ1v) is 7.92. The van der Waals surface area contributed by atoms with Crippen LogP contribution in [0.5, 0.6) is 0 Å². The molecule has 2 heterocycles. The van der Waals surface area contributed by atoms with Crippen LogP contribution >= 0.6 is 0 Å². The number of rotatable bonds is 5. The van der Waals surface area contributed by atoms with Crippen molar-refractivity contribution in [2.24, 2.45) is 5.73 Å². The first kappa shape index (κ1) is 14.7. The van der Waals surface area contributed by atoms with E-state index in [0.717, 1.165) is 19.3 Å². The number of aromatic nitrogens is 1. The number of hydrogen-bond acceptors (Lipinski definition) is 5. The molecule has 0 radical (unpaired) electrons. The molecule has 0 unspecified atom stereocenters. The zero-order valence-corrected chi connectivity index (χ0v) is 11.9. The van der Waals surface area contributed by atoms with Crippen molar-refractivity contribution in [1.29, 1.82) is 0 Å². The number of pyridine rings is 1. The van der Waals surface area contributed by atoms with Crippen LogP contribution in [-0.4, -0.2) is 43.2 Å². The number of hydrogen-bond donors (Lipinski definition) is 2. The molecule has 0 spiro atoms. The van der Waals surface area contributed by atoms with Crippen LogP contribution in [0.3, 0.4) is 0 Å². The van der Waals surface area contributed by atoms with Gasteiger partial charge in [0.25, 0.3) is 0 Å². The fourth-order valence-electron chi connectivity index (χ4n) is 2.07. The Labute approximate surface area is 118 Å². The second-order valence-electron chi connectivity index (χ2n) is 4.66. The average molecular weight is 298 g/mol. The number of sulfonamides is 1. The fourth-order valence-corrected chi connectivity index (χ4v) is 3.53. The van der Waals surface area contributed by atoms with Crippen molar-refractivity contribution >= 4 is 21.7 Å². The second-order valence-corrected chi connectivity index (χ2v) is 6.60. The molecule has 0 atom stereocenters. The van der Waals surface area contributed by atoms with Crippen LogP contribution in [0, 0.1) is 0 Å². The zero-order valence-electron chi connectivity index (χ0n) is 11.1. The fraction of sp³-hybridized carbons (Fsp3) is 0.500. The topological polar surface area (TPSA) is 105 Å². The van der Waals surface area contributed by atoms with Crippen molar-refractivity contribution in [3.63, 3.8) is 0 Å². The molecular formula is C12H18N4O3S. The second kappa shape index (κ2) is 6.19. The SMILES string of the molecule is NC(=O)CNc1ccc(S(=O)(=O)N2CCCCC2)cn1. The Morgan fingerprint density at radius 3 is 2.55 bits per heavy atom. The predicted octanol–water partition coefficient (Wildman–Crippen LogP) is 0.153. The monoisotopic (exact) mass is 298 g/mol. The summed E-state index contributed by atoms with van der Waals surface area (Å²) < 4.78 is 26.2. The van der Waals surface area contributed by atoms with Crippen molar-refractivity contribution in [2.45, 2.75) is 24.2 Å². The maximum atomic E-state index is 12.4. The van der Waals surface area contributed by atoms with Gasteiger partial charge in [-0.3, -0.25) is 4.79 Å². The molecule has 3 N–H and O–H groups in total. The number of nitrogens with zero attached hydrogens (tertiary/aromatic N) is 2. The number of carbonyl (C=O) groups excluding carboxylic acids is 1. The van der Waals surface area contributed by atoms with Gasteiger partial charge in [0.05, 0.1) is 6.54 Å². The summed E-state index contributed by atoms with van der Waals surface area (Å²) in [6, 6.07) is 3.01. The molecule has 110 valence electrons. The Kier molecular flexibility index (Phi) is 4.56. The smallest absolute Gasteiger partial charge is 0.244 e. The van der Waals surface area contributed by atoms with E-state index >= 15 is 0 Å². The molecule has 7 nitrogen and oxygen atoms in total. The van der Waals surface area contributed by atoms with Crippen molar-refractivity contribution < 1.29 is 13.2 Å². The van der Waals surface area contributed by atoms with Crippen LogP contribution in [0.4, 0.5) is 5.82 Å². The van der Waals surface area contributed by atoms with Crippen molar-refractivity contribution in [1.82, 2.24) is 9.29 Å². The molecule has 0 aromatic carbocycles. The highest BCUT2D eigenvalue weighted by atomic mass is 32.2. The van der Waals surface area contributed by atoms with Gasteiger partial charge in [-0.25, -0.2) is 13.4 Å². The molecular weight excluding hydrogens is 280 g/mol. The van der Waals surface area contributed by atoms with Gasteiger partial charge in [-0.05, 0) is 25.0 Å². The van der Waals surface area contributed by atoms with E-state index in [1.54, 1.807) is 0 Å². The lowest BCUT2D eigenvalue weighted by Gasteiger charge is -2.25. The summed E-state index contributed by atoms with van der Waals surface area (Å²) in [7, 11) is -3.46. The number of carbonyl (C=O) groups is 1. The van der Waals surface area contributed by atoms with Crippen LogP contribution in [0.25, 0.3) is 0 Å². The van der Waals surface area contributed by atoms with Crippen LogP contribution < -0.4 is 11.1 Å². The predicted molar refractivity (Wildman–Crippen MR) is 74.5 cm³/mol. The summed E-state index contributed by atoms with van der Waals surface area (Å²) >= 11 is 0. The Morgan fingerprint density at radius 1 is 1.30 bits per heavy atom. The summed E-state index contributed by atoms with van der Waals surface area (Å²) in [6.07, 6.45) is 4.16. The summed E-state index contributed by atoms with van der Waals surface area (Å²) in [5.74, 6) is -0.0850. The Morgan fingerprint density at radius 2 is 2.00 bits per heavy atom. The highest BCUT2D eigenvalue weighted by molar-refractivity contribution is 7.89. The van der Waals surface area contributed by atoms with Gasteiger partial charge in [0.2, 0.25) is 15.9 Å². The van der Waals surface area contributed by atoms with Crippen molar-refractivity contribution in [2.75, 3.05) is 25.0 Å². The molecule has 0 bridgehead atoms. The maximum Gasteiger partial charge on any atom is 0.244 e. The van der Waals surface area contributed by atoms with E-state index in [0.29, 0.717) is 18.9 Å². The minimum atomic E-state index is -3.46. The molecule has 2 rings (SSSR count). The maximum absolute atomic E-state index is 12.4. The third-order valence-electron chi connectivity index (χ3n) is 3.13. The average Bonchev–Trinajstić information content (AvgIpc) is 2.46. The number of anilines is 1. The highest BCUT2D eigenvalue weighted by Gasteiger charge is 2.25. The summed E-state index contributed by atoms with van der Waals surface area (Å²) in [4.78, 5) is 14.8. The number of primary amides is 1. The third kappa shape index (κ3) is 3.45. The van der Waals surface area contributed by atoms with E-state index in [-0.39, 0.29) is 11.4 Å². The number of piperidine rings is 1. The molecule has 1 aliphatic rings. The summed E-state index contributed by atoms with van der Waals surface area (Å²) in [6.45, 7) is 1.08. The molecule has 8 heteroatoms. The lowest BCUT2D eigenvalue weighted by Crippen LogP contribution is -2.35. The van der Waals surface area contributed by atoms with E-state index < -0.39 is 15.9 Å². The number of amides is 1. The molecule has 1 fully saturated rings. The van der Waals surface area contributed by atoms with Gasteiger partial charge in [-0.2, -0.15) is 4.31 Å². The van der Waals surface area contributed by atoms with Gasteiger partial charge in [-0.1, -0.05) is 6.42 Å². The van der Waals surface area contributed by atoms with E-state index in [2.05, 4.69) is 10.3 Å². The first-order chi connectivity index (χ1) is 9.50. The van der Waals surface area contributed by atoms with Crippen LogP contribution in [0.15, 0.2) is 23.2 Å². The Balaban J connectivity index is 2.10. The summed E-state index contributed by atoms with van der Waals surface area (Å²) in [5.41, 5.74) is 5.01. The third-order valence-corrected chi connectivity index (χ3v) is 5.02. The number of nitrogens with two attached hydrogens (primary N) is 1. The molecule has 1 amide bonds. The zero-order chi connectivity index (χ0) is 14.6. The quantitative estimate of drug-likeness (QED) is 0.805. The lowest BCUT2D eigenvalue weighted by molar-refractivity contribution is -0.116. The Bertz CT molecular complexity index is 565. The largest absolute Gasteiger partial charge is 0.368 e. The minimum absolute atomic E-state index is 0.0365. The summed E-state index contributed by atoms with van der Waals surface area (Å²) in [5, 5.41) is 2.71. The van der Waals surface area contributed by atoms with Gasteiger partial charge in [0.15, 0.2) is 0 Å². The molecule has 20 heavy (non-hydrogen) atoms. The van der Waals surface area contributed by atoms with E-state index in [4.69, 9.17) is 5.73 Å². The van der Waals surface area contributed by atoms with E-state index in [1.165, 1.54) is 22.6 Å².